The molecule has 2 aliphatic rings. The number of hydrogen-bond acceptors (Lipinski definition) is 5. The Balaban J connectivity index is 1.16. The molecule has 1 N–H and O–H groups in total. The maximum atomic E-state index is 13.4. The molecular formula is C26H27FN6O3. The van der Waals surface area contributed by atoms with Crippen LogP contribution >= 0.6 is 0 Å². The summed E-state index contributed by atoms with van der Waals surface area (Å²) in [4.78, 5) is 41.4. The highest BCUT2D eigenvalue weighted by Gasteiger charge is 2.33. The molecule has 0 aliphatic carbocycles. The lowest BCUT2D eigenvalue weighted by Gasteiger charge is -2.24. The zero-order valence-electron chi connectivity index (χ0n) is 19.8. The van der Waals surface area contributed by atoms with Crippen LogP contribution in [-0.4, -0.2) is 68.5 Å². The second kappa shape index (κ2) is 10.3. The van der Waals surface area contributed by atoms with Crippen LogP contribution in [0.15, 0.2) is 54.6 Å². The van der Waals surface area contributed by atoms with E-state index in [-0.39, 0.29) is 36.4 Å². The molecule has 1 saturated heterocycles. The van der Waals surface area contributed by atoms with Gasteiger partial charge in [0.1, 0.15) is 11.6 Å². The fourth-order valence-corrected chi connectivity index (χ4v) is 4.79. The molecule has 3 aromatic rings. The third kappa shape index (κ3) is 5.12. The van der Waals surface area contributed by atoms with Gasteiger partial charge in [0, 0.05) is 50.5 Å². The molecule has 5 rings (SSSR count). The Hall–Kier alpha value is -4.08. The van der Waals surface area contributed by atoms with Gasteiger partial charge in [-0.15, -0.1) is 10.2 Å². The van der Waals surface area contributed by atoms with Gasteiger partial charge in [-0.1, -0.05) is 36.4 Å². The molecule has 3 amide bonds. The molecule has 0 spiro atoms. The van der Waals surface area contributed by atoms with Crippen LogP contribution in [0.2, 0.25) is 0 Å². The Morgan fingerprint density at radius 2 is 1.86 bits per heavy atom. The number of carbonyl (C=O) groups excluding carboxylic acids is 3. The summed E-state index contributed by atoms with van der Waals surface area (Å²) < 4.78 is 15.3. The molecule has 2 aromatic carbocycles. The summed E-state index contributed by atoms with van der Waals surface area (Å²) >= 11 is 0. The molecule has 3 heterocycles. The third-order valence-electron chi connectivity index (χ3n) is 6.76. The summed E-state index contributed by atoms with van der Waals surface area (Å²) in [6, 6.07) is 15.4. The van der Waals surface area contributed by atoms with E-state index >= 15 is 0 Å². The first-order chi connectivity index (χ1) is 17.5. The number of carbonyl (C=O) groups is 3. The van der Waals surface area contributed by atoms with E-state index in [9.17, 15) is 18.8 Å². The number of fused-ring (bicyclic) bond motifs is 1. The largest absolute Gasteiger partial charge is 0.345 e. The third-order valence-corrected chi connectivity index (χ3v) is 6.76. The number of rotatable bonds is 6. The fourth-order valence-electron chi connectivity index (χ4n) is 4.79. The summed E-state index contributed by atoms with van der Waals surface area (Å²) in [6.07, 6.45) is 0.945. The highest BCUT2D eigenvalue weighted by molar-refractivity contribution is 5.94. The quantitative estimate of drug-likeness (QED) is 0.568. The number of nitrogens with one attached hydrogen (secondary N) is 1. The maximum Gasteiger partial charge on any atom is 0.251 e. The average molecular weight is 491 g/mol. The van der Waals surface area contributed by atoms with Crippen molar-refractivity contribution in [1.29, 1.82) is 0 Å². The first-order valence-corrected chi connectivity index (χ1v) is 12.0. The second-order valence-electron chi connectivity index (χ2n) is 9.09. The minimum absolute atomic E-state index is 0.000442. The van der Waals surface area contributed by atoms with Crippen LogP contribution in [0, 0.1) is 5.82 Å². The van der Waals surface area contributed by atoms with E-state index in [0.29, 0.717) is 44.8 Å². The number of likely N-dealkylation sites (tertiary alicyclic amines) is 1. The molecule has 1 atom stereocenters. The summed E-state index contributed by atoms with van der Waals surface area (Å²) in [6.45, 7) is 2.18. The lowest BCUT2D eigenvalue weighted by molar-refractivity contribution is -0.138. The van der Waals surface area contributed by atoms with Gasteiger partial charge in [0.2, 0.25) is 11.8 Å². The Morgan fingerprint density at radius 1 is 1.03 bits per heavy atom. The Bertz CT molecular complexity index is 1280. The van der Waals surface area contributed by atoms with Crippen LogP contribution < -0.4 is 5.32 Å². The van der Waals surface area contributed by atoms with Gasteiger partial charge in [0.05, 0.1) is 13.1 Å². The molecule has 186 valence electrons. The van der Waals surface area contributed by atoms with Gasteiger partial charge in [-0.2, -0.15) is 0 Å². The molecule has 36 heavy (non-hydrogen) atoms. The van der Waals surface area contributed by atoms with Crippen molar-refractivity contribution in [3.05, 3.63) is 83.2 Å². The van der Waals surface area contributed by atoms with Crippen molar-refractivity contribution in [3.8, 4) is 0 Å². The van der Waals surface area contributed by atoms with E-state index in [2.05, 4.69) is 15.5 Å². The van der Waals surface area contributed by atoms with Crippen molar-refractivity contribution < 1.29 is 18.8 Å². The predicted molar refractivity (Wildman–Crippen MR) is 128 cm³/mol. The number of amides is 3. The van der Waals surface area contributed by atoms with Gasteiger partial charge in [0.15, 0.2) is 5.82 Å². The lowest BCUT2D eigenvalue weighted by Crippen LogP contribution is -2.42. The smallest absolute Gasteiger partial charge is 0.251 e. The van der Waals surface area contributed by atoms with Crippen molar-refractivity contribution in [1.82, 2.24) is 29.9 Å². The highest BCUT2D eigenvalue weighted by Crippen LogP contribution is 2.28. The van der Waals surface area contributed by atoms with E-state index in [1.807, 2.05) is 34.9 Å². The van der Waals surface area contributed by atoms with Gasteiger partial charge in [-0.3, -0.25) is 14.4 Å². The SMILES string of the molecule is O=C(NCc1nnc2n1CCN(C(=O)CN1C[C@@H](c3ccccc3)CC1=O)CC2)c1cccc(F)c1. The van der Waals surface area contributed by atoms with E-state index in [1.165, 1.54) is 18.2 Å². The Morgan fingerprint density at radius 3 is 2.67 bits per heavy atom. The van der Waals surface area contributed by atoms with Gasteiger partial charge < -0.3 is 19.7 Å². The lowest BCUT2D eigenvalue weighted by atomic mass is 9.99. The number of halogens is 1. The van der Waals surface area contributed by atoms with Crippen LogP contribution in [0.5, 0.6) is 0 Å². The molecule has 0 bridgehead atoms. The van der Waals surface area contributed by atoms with E-state index in [1.54, 1.807) is 15.9 Å². The molecule has 0 saturated carbocycles. The number of aromatic nitrogens is 3. The second-order valence-corrected chi connectivity index (χ2v) is 9.09. The molecule has 0 unspecified atom stereocenters. The summed E-state index contributed by atoms with van der Waals surface area (Å²) in [5, 5.41) is 11.2. The summed E-state index contributed by atoms with van der Waals surface area (Å²) in [5.41, 5.74) is 1.35. The molecule has 9 nitrogen and oxygen atoms in total. The molecule has 1 fully saturated rings. The molecule has 0 radical (unpaired) electrons. The van der Waals surface area contributed by atoms with Crippen LogP contribution in [-0.2, 0) is 29.1 Å². The first-order valence-electron chi connectivity index (χ1n) is 12.0. The number of hydrogen-bond donors (Lipinski definition) is 1. The van der Waals surface area contributed by atoms with E-state index in [4.69, 9.17) is 0 Å². The van der Waals surface area contributed by atoms with Crippen molar-refractivity contribution >= 4 is 17.7 Å². The Labute approximate surface area is 207 Å². The monoisotopic (exact) mass is 490 g/mol. The fraction of sp³-hybridized carbons (Fsp3) is 0.346. The normalized spacial score (nSPS) is 17.6. The molecule has 1 aromatic heterocycles. The predicted octanol–water partition coefficient (Wildman–Crippen LogP) is 1.75. The minimum Gasteiger partial charge on any atom is -0.345 e. The van der Waals surface area contributed by atoms with Crippen molar-refractivity contribution in [2.75, 3.05) is 26.2 Å². The van der Waals surface area contributed by atoms with Gasteiger partial charge in [-0.25, -0.2) is 4.39 Å². The van der Waals surface area contributed by atoms with E-state index < -0.39 is 11.7 Å². The summed E-state index contributed by atoms with van der Waals surface area (Å²) in [7, 11) is 0. The minimum atomic E-state index is -0.477. The first kappa shape index (κ1) is 23.7. The van der Waals surface area contributed by atoms with Crippen LogP contribution in [0.25, 0.3) is 0 Å². The standard InChI is InChI=1S/C26H27FN6O3/c27-21-8-4-7-19(13-21)26(36)28-15-23-30-29-22-9-10-31(11-12-33(22)23)25(35)17-32-16-20(14-24(32)34)18-5-2-1-3-6-18/h1-8,13,20H,9-12,14-17H2,(H,28,36)/t20-/m0/s1. The van der Waals surface area contributed by atoms with Gasteiger partial charge in [-0.05, 0) is 23.8 Å². The van der Waals surface area contributed by atoms with Gasteiger partial charge >= 0.3 is 0 Å². The number of benzene rings is 2. The topological polar surface area (TPSA) is 100 Å². The molecular weight excluding hydrogens is 463 g/mol. The molecule has 10 heteroatoms. The average Bonchev–Trinajstić information content (AvgIpc) is 3.37. The molecule has 2 aliphatic heterocycles. The summed E-state index contributed by atoms with van der Waals surface area (Å²) in [5.74, 6) is 0.455. The van der Waals surface area contributed by atoms with Gasteiger partial charge in [0.25, 0.3) is 5.91 Å². The zero-order valence-corrected chi connectivity index (χ0v) is 19.8. The van der Waals surface area contributed by atoms with Crippen LogP contribution in [0.4, 0.5) is 4.39 Å². The van der Waals surface area contributed by atoms with Crippen molar-refractivity contribution in [2.45, 2.75) is 31.8 Å². The number of nitrogens with zero attached hydrogens (tertiary/aromatic N) is 5. The van der Waals surface area contributed by atoms with Crippen LogP contribution in [0.3, 0.4) is 0 Å². The van der Waals surface area contributed by atoms with Crippen LogP contribution in [0.1, 0.15) is 39.9 Å². The maximum absolute atomic E-state index is 13.4. The Kier molecular flexibility index (Phi) is 6.75. The van der Waals surface area contributed by atoms with Crippen molar-refractivity contribution in [3.63, 3.8) is 0 Å². The highest BCUT2D eigenvalue weighted by atomic mass is 19.1. The zero-order chi connectivity index (χ0) is 25.1. The van der Waals surface area contributed by atoms with E-state index in [0.717, 1.165) is 11.4 Å². The van der Waals surface area contributed by atoms with Crippen molar-refractivity contribution in [2.24, 2.45) is 0 Å².